The van der Waals surface area contributed by atoms with E-state index in [1.54, 1.807) is 19.1 Å². The highest BCUT2D eigenvalue weighted by molar-refractivity contribution is 5.88. The molecule has 1 aromatic rings. The monoisotopic (exact) mass is 705 g/mol. The van der Waals surface area contributed by atoms with Crippen molar-refractivity contribution in [1.82, 2.24) is 0 Å². The van der Waals surface area contributed by atoms with Crippen LogP contribution >= 0.6 is 0 Å². The number of benzene rings is 1. The molecule has 4 aliphatic heterocycles. The average Bonchev–Trinajstić information content (AvgIpc) is 3.43. The van der Waals surface area contributed by atoms with Crippen LogP contribution < -0.4 is 5.32 Å². The Kier molecular flexibility index (Phi) is 11.4. The molecule has 2 bridgehead atoms. The lowest BCUT2D eigenvalue weighted by Gasteiger charge is -2.50. The molecule has 1 aliphatic carbocycles. The largest absolute Gasteiger partial charge is 0.462 e. The zero-order valence-corrected chi connectivity index (χ0v) is 30.8. The Morgan fingerprint density at radius 2 is 1.86 bits per heavy atom. The van der Waals surface area contributed by atoms with Gasteiger partial charge in [0.05, 0.1) is 31.5 Å². The first kappa shape index (κ1) is 37.6. The maximum absolute atomic E-state index is 14.1. The van der Waals surface area contributed by atoms with E-state index in [1.165, 1.54) is 6.92 Å². The van der Waals surface area contributed by atoms with Crippen LogP contribution in [0.25, 0.3) is 0 Å². The highest BCUT2D eigenvalue weighted by Crippen LogP contribution is 2.47. The lowest BCUT2D eigenvalue weighted by Crippen LogP contribution is -2.58. The Labute approximate surface area is 301 Å². The third-order valence-corrected chi connectivity index (χ3v) is 11.4. The highest BCUT2D eigenvalue weighted by atomic mass is 16.7. The average molecular weight is 706 g/mol. The summed E-state index contributed by atoms with van der Waals surface area (Å²) in [7, 11) is 0. The van der Waals surface area contributed by atoms with E-state index < -0.39 is 41.6 Å². The van der Waals surface area contributed by atoms with Crippen molar-refractivity contribution in [1.29, 1.82) is 0 Å². The summed E-state index contributed by atoms with van der Waals surface area (Å²) in [5, 5.41) is 26.2. The second kappa shape index (κ2) is 15.5. The van der Waals surface area contributed by atoms with Crippen molar-refractivity contribution in [2.24, 2.45) is 17.8 Å². The summed E-state index contributed by atoms with van der Waals surface area (Å²) in [6.45, 7) is 12.2. The lowest BCUT2D eigenvalue weighted by molar-refractivity contribution is -0.335. The number of hydrogen-bond acceptors (Lipinski definition) is 9. The quantitative estimate of drug-likeness (QED) is 0.246. The molecule has 1 amide bonds. The number of aliphatic hydroxyl groups is 2. The van der Waals surface area contributed by atoms with Crippen molar-refractivity contribution in [3.63, 3.8) is 0 Å². The van der Waals surface area contributed by atoms with E-state index in [-0.39, 0.29) is 36.7 Å². The number of esters is 1. The fourth-order valence-corrected chi connectivity index (χ4v) is 8.53. The van der Waals surface area contributed by atoms with Crippen LogP contribution in [0.5, 0.6) is 0 Å². The Balaban J connectivity index is 1.34. The molecule has 10 nitrogen and oxygen atoms in total. The van der Waals surface area contributed by atoms with Crippen molar-refractivity contribution in [3.8, 4) is 0 Å². The summed E-state index contributed by atoms with van der Waals surface area (Å²) in [6.07, 6.45) is 10.4. The molecule has 0 saturated carbocycles. The van der Waals surface area contributed by atoms with Gasteiger partial charge in [0, 0.05) is 37.8 Å². The number of hydrogen-bond donors (Lipinski definition) is 3. The minimum Gasteiger partial charge on any atom is -0.462 e. The van der Waals surface area contributed by atoms with Gasteiger partial charge >= 0.3 is 5.97 Å². The van der Waals surface area contributed by atoms with Gasteiger partial charge in [0.15, 0.2) is 5.79 Å². The third kappa shape index (κ3) is 7.97. The molecule has 10 heteroatoms. The van der Waals surface area contributed by atoms with Crippen LogP contribution in [-0.2, 0) is 39.9 Å². The molecule has 0 aromatic heterocycles. The van der Waals surface area contributed by atoms with E-state index in [9.17, 15) is 19.8 Å². The van der Waals surface area contributed by atoms with Crippen molar-refractivity contribution in [3.05, 3.63) is 76.9 Å². The second-order valence-electron chi connectivity index (χ2n) is 15.3. The maximum Gasteiger partial charge on any atom is 0.316 e. The first-order chi connectivity index (χ1) is 24.3. The lowest BCUT2D eigenvalue weighted by atomic mass is 9.71. The number of rotatable bonds is 5. The molecule has 278 valence electrons. The van der Waals surface area contributed by atoms with E-state index in [0.717, 1.165) is 29.7 Å². The van der Waals surface area contributed by atoms with Gasteiger partial charge in [-0.25, -0.2) is 0 Å². The SMILES string of the molecule is CC[C@H]1O[C@]2(CC[C@@H]1C)C[C@@H]1C[C@@H](C/C=C(\C)[C@H](OCc3ccc(NC(C)=O)cc3)[C@@H](C)/C=C/C=C3\CO[C@@H]4[C@H](O)C(C)=C[C@@H](C(=O)O1)[C@]34O)O2. The fourth-order valence-electron chi connectivity index (χ4n) is 8.53. The molecule has 3 N–H and O–H groups in total. The van der Waals surface area contributed by atoms with Crippen molar-refractivity contribution >= 4 is 17.6 Å². The number of anilines is 1. The standard InChI is InChI=1S/C41H55NO9/c1-7-35-24(2)17-18-40(51-35)21-33-20-32(50-40)16-11-26(4)37(47-22-29-12-14-31(15-13-29)42-28(6)43)25(3)9-8-10-30-23-48-38-36(44)27(5)19-34(39(45)49-33)41(30,38)46/h8-15,19,24-25,32-38,44,46H,7,16-18,20-23H2,1-6H3,(H,42,43)/b9-8+,26-11+,30-10+/t24-,25-,32+,33-,34-,35+,36+,37+,38+,40+,41+/m0/s1. The Hall–Kier alpha value is -3.12. The van der Waals surface area contributed by atoms with Crippen LogP contribution in [0, 0.1) is 17.8 Å². The topological polar surface area (TPSA) is 133 Å². The van der Waals surface area contributed by atoms with Crippen LogP contribution in [0.2, 0.25) is 0 Å². The number of ether oxygens (including phenoxy) is 5. The predicted octanol–water partition coefficient (Wildman–Crippen LogP) is 6.08. The number of carbonyl (C=O) groups excluding carboxylic acids is 2. The van der Waals surface area contributed by atoms with E-state index in [4.69, 9.17) is 23.7 Å². The Morgan fingerprint density at radius 1 is 1.10 bits per heavy atom. The van der Waals surface area contributed by atoms with E-state index in [2.05, 4.69) is 39.1 Å². The summed E-state index contributed by atoms with van der Waals surface area (Å²) in [6, 6.07) is 7.61. The molecule has 11 atom stereocenters. The van der Waals surface area contributed by atoms with Gasteiger partial charge in [0.25, 0.3) is 0 Å². The van der Waals surface area contributed by atoms with E-state index >= 15 is 0 Å². The van der Waals surface area contributed by atoms with Gasteiger partial charge < -0.3 is 39.2 Å². The molecule has 1 spiro atoms. The van der Waals surface area contributed by atoms with Gasteiger partial charge in [-0.3, -0.25) is 9.59 Å². The van der Waals surface area contributed by atoms with Crippen LogP contribution in [0.1, 0.15) is 85.6 Å². The number of amides is 1. The number of nitrogens with one attached hydrogen (secondary N) is 1. The van der Waals surface area contributed by atoms with Crippen molar-refractivity contribution < 1.29 is 43.5 Å². The van der Waals surface area contributed by atoms with Gasteiger partial charge in [-0.1, -0.05) is 63.3 Å². The normalized spacial score (nSPS) is 41.3. The second-order valence-corrected chi connectivity index (χ2v) is 15.3. The Bertz CT molecular complexity index is 1560. The molecular formula is C41H55NO9. The molecule has 3 saturated heterocycles. The van der Waals surface area contributed by atoms with Gasteiger partial charge in [-0.2, -0.15) is 0 Å². The van der Waals surface area contributed by atoms with E-state index in [0.29, 0.717) is 49.4 Å². The first-order valence-corrected chi connectivity index (χ1v) is 18.6. The predicted molar refractivity (Wildman–Crippen MR) is 192 cm³/mol. The summed E-state index contributed by atoms with van der Waals surface area (Å²) in [4.78, 5) is 25.6. The summed E-state index contributed by atoms with van der Waals surface area (Å²) in [5.74, 6) is -2.27. The third-order valence-electron chi connectivity index (χ3n) is 11.4. The molecule has 5 aliphatic rings. The van der Waals surface area contributed by atoms with Crippen LogP contribution in [0.4, 0.5) is 5.69 Å². The molecular weight excluding hydrogens is 650 g/mol. The highest BCUT2D eigenvalue weighted by Gasteiger charge is 2.60. The van der Waals surface area contributed by atoms with E-state index in [1.807, 2.05) is 36.4 Å². The van der Waals surface area contributed by atoms with Gasteiger partial charge in [0.1, 0.15) is 29.8 Å². The Morgan fingerprint density at radius 3 is 2.59 bits per heavy atom. The number of allylic oxidation sites excluding steroid dienone is 2. The summed E-state index contributed by atoms with van der Waals surface area (Å²) in [5.41, 5.74) is 2.04. The number of carbonyl (C=O) groups is 2. The fraction of sp³-hybridized carbons (Fsp3) is 0.610. The molecule has 3 fully saturated rings. The van der Waals surface area contributed by atoms with Gasteiger partial charge in [-0.15, -0.1) is 0 Å². The molecule has 4 heterocycles. The molecule has 51 heavy (non-hydrogen) atoms. The molecule has 0 radical (unpaired) electrons. The first-order valence-electron chi connectivity index (χ1n) is 18.6. The maximum atomic E-state index is 14.1. The smallest absolute Gasteiger partial charge is 0.316 e. The van der Waals surface area contributed by atoms with Crippen LogP contribution in [0.15, 0.2) is 71.4 Å². The zero-order valence-electron chi connectivity index (χ0n) is 30.8. The number of fused-ring (bicyclic) bond motifs is 2. The molecule has 6 rings (SSSR count). The molecule has 0 unspecified atom stereocenters. The summed E-state index contributed by atoms with van der Waals surface area (Å²) < 4.78 is 32.5. The van der Waals surface area contributed by atoms with Crippen LogP contribution in [-0.4, -0.2) is 76.7 Å². The number of aliphatic hydroxyl groups excluding tert-OH is 1. The summed E-state index contributed by atoms with van der Waals surface area (Å²) >= 11 is 0. The minimum absolute atomic E-state index is 0.0388. The van der Waals surface area contributed by atoms with Crippen molar-refractivity contribution in [2.45, 2.75) is 135 Å². The minimum atomic E-state index is -1.78. The van der Waals surface area contributed by atoms with Gasteiger partial charge in [-0.05, 0) is 73.4 Å². The molecule has 1 aromatic carbocycles. The zero-order chi connectivity index (χ0) is 36.5. The van der Waals surface area contributed by atoms with Gasteiger partial charge in [0.2, 0.25) is 5.91 Å². The van der Waals surface area contributed by atoms with Crippen LogP contribution in [0.3, 0.4) is 0 Å². The van der Waals surface area contributed by atoms with Crippen molar-refractivity contribution in [2.75, 3.05) is 11.9 Å².